The van der Waals surface area contributed by atoms with E-state index in [4.69, 9.17) is 4.74 Å². The van der Waals surface area contributed by atoms with Gasteiger partial charge in [0.05, 0.1) is 13.0 Å². The van der Waals surface area contributed by atoms with E-state index in [9.17, 15) is 22.4 Å². The molecule has 0 radical (unpaired) electrons. The minimum Gasteiger partial charge on any atom is -0.423 e. The fraction of sp³-hybridized carbons (Fsp3) is 0.462. The molecule has 1 aromatic rings. The molecule has 0 heterocycles. The molecule has 0 aromatic heterocycles. The summed E-state index contributed by atoms with van der Waals surface area (Å²) in [5, 5.41) is 0. The Bertz CT molecular complexity index is 474. The van der Waals surface area contributed by atoms with Gasteiger partial charge in [0.15, 0.2) is 17.4 Å². The first-order chi connectivity index (χ1) is 9.40. The molecule has 1 rings (SSSR count). The number of halogens is 4. The van der Waals surface area contributed by atoms with Crippen molar-refractivity contribution in [1.29, 1.82) is 0 Å². The molecule has 3 nitrogen and oxygen atoms in total. The number of carbonyl (C=O) groups excluding carboxylic acids is 1. The maximum Gasteiger partial charge on any atom is 0.313 e. The molecule has 0 amide bonds. The highest BCUT2D eigenvalue weighted by Gasteiger charge is 2.25. The lowest BCUT2D eigenvalue weighted by atomic mass is 10.2. The molecule has 20 heavy (non-hydrogen) atoms. The molecule has 0 bridgehead atoms. The zero-order valence-corrected chi connectivity index (χ0v) is 11.1. The van der Waals surface area contributed by atoms with Gasteiger partial charge in [-0.25, -0.2) is 13.2 Å². The molecule has 0 spiro atoms. The Morgan fingerprint density at radius 2 is 1.60 bits per heavy atom. The van der Waals surface area contributed by atoms with Crippen LogP contribution in [0.4, 0.5) is 17.6 Å². The smallest absolute Gasteiger partial charge is 0.313 e. The van der Waals surface area contributed by atoms with Gasteiger partial charge < -0.3 is 9.47 Å². The van der Waals surface area contributed by atoms with Gasteiger partial charge in [0.25, 0.3) is 0 Å². The average molecular weight is 294 g/mol. The van der Waals surface area contributed by atoms with E-state index in [0.29, 0.717) is 6.61 Å². The third-order valence-corrected chi connectivity index (χ3v) is 2.46. The molecule has 0 saturated carbocycles. The second kappa shape index (κ2) is 7.23. The lowest BCUT2D eigenvalue weighted by Crippen LogP contribution is -2.15. The van der Waals surface area contributed by atoms with Crippen LogP contribution in [0.25, 0.3) is 0 Å². The van der Waals surface area contributed by atoms with Crippen molar-refractivity contribution in [1.82, 2.24) is 0 Å². The molecule has 112 valence electrons. The van der Waals surface area contributed by atoms with Gasteiger partial charge in [-0.1, -0.05) is 6.92 Å². The van der Waals surface area contributed by atoms with Crippen LogP contribution in [0.2, 0.25) is 0 Å². The first-order valence-corrected chi connectivity index (χ1v) is 6.01. The van der Waals surface area contributed by atoms with Crippen molar-refractivity contribution in [2.24, 2.45) is 0 Å². The lowest BCUT2D eigenvalue weighted by Gasteiger charge is -2.10. The molecule has 0 unspecified atom stereocenters. The molecule has 0 fully saturated rings. The first-order valence-electron chi connectivity index (χ1n) is 6.01. The van der Waals surface area contributed by atoms with Crippen molar-refractivity contribution >= 4 is 5.97 Å². The zero-order valence-electron chi connectivity index (χ0n) is 11.1. The van der Waals surface area contributed by atoms with Crippen LogP contribution in [-0.4, -0.2) is 19.2 Å². The lowest BCUT2D eigenvalue weighted by molar-refractivity contribution is -0.135. The number of benzene rings is 1. The van der Waals surface area contributed by atoms with Gasteiger partial charge in [-0.2, -0.15) is 4.39 Å². The number of hydrogen-bond acceptors (Lipinski definition) is 3. The normalized spacial score (nSPS) is 10.7. The SMILES string of the molecule is CCCOCCC(=O)Oc1c(C)c(F)c(F)c(F)c1F. The van der Waals surface area contributed by atoms with E-state index >= 15 is 0 Å². The van der Waals surface area contributed by atoms with Crippen molar-refractivity contribution in [2.75, 3.05) is 13.2 Å². The van der Waals surface area contributed by atoms with Crippen LogP contribution in [0.1, 0.15) is 25.3 Å². The molecule has 0 aliphatic rings. The molecule has 0 aliphatic heterocycles. The maximum absolute atomic E-state index is 13.4. The summed E-state index contributed by atoms with van der Waals surface area (Å²) in [4.78, 5) is 11.4. The van der Waals surface area contributed by atoms with Gasteiger partial charge in [-0.05, 0) is 13.3 Å². The molecule has 7 heteroatoms. The standard InChI is InChI=1S/C13H14F4O3/c1-3-5-19-6-4-8(18)20-13-7(2)9(14)10(15)11(16)12(13)17/h3-6H2,1-2H3. The molecular formula is C13H14F4O3. The Hall–Kier alpha value is -1.63. The summed E-state index contributed by atoms with van der Waals surface area (Å²) < 4.78 is 62.1. The van der Waals surface area contributed by atoms with Gasteiger partial charge in [0.2, 0.25) is 11.6 Å². The average Bonchev–Trinajstić information content (AvgIpc) is 2.44. The quantitative estimate of drug-likeness (QED) is 0.202. The van der Waals surface area contributed by atoms with Crippen molar-refractivity contribution in [3.05, 3.63) is 28.8 Å². The van der Waals surface area contributed by atoms with Gasteiger partial charge in [0.1, 0.15) is 0 Å². The number of carbonyl (C=O) groups is 1. The summed E-state index contributed by atoms with van der Waals surface area (Å²) in [5.74, 6) is -9.14. The summed E-state index contributed by atoms with van der Waals surface area (Å²) in [6.45, 7) is 3.35. The summed E-state index contributed by atoms with van der Waals surface area (Å²) in [7, 11) is 0. The monoisotopic (exact) mass is 294 g/mol. The predicted octanol–water partition coefficient (Wildman–Crippen LogP) is 3.27. The van der Waals surface area contributed by atoms with Crippen molar-refractivity contribution in [2.45, 2.75) is 26.7 Å². The van der Waals surface area contributed by atoms with Crippen molar-refractivity contribution in [3.8, 4) is 5.75 Å². The Balaban J connectivity index is 2.80. The van der Waals surface area contributed by atoms with E-state index in [2.05, 4.69) is 4.74 Å². The zero-order chi connectivity index (χ0) is 15.3. The van der Waals surface area contributed by atoms with Crippen LogP contribution in [0, 0.1) is 30.2 Å². The number of esters is 1. The third kappa shape index (κ3) is 3.69. The minimum absolute atomic E-state index is 0.0412. The van der Waals surface area contributed by atoms with E-state index in [1.807, 2.05) is 6.92 Å². The van der Waals surface area contributed by atoms with E-state index in [1.54, 1.807) is 0 Å². The minimum atomic E-state index is -2.02. The fourth-order valence-electron chi connectivity index (χ4n) is 1.41. The van der Waals surface area contributed by atoms with Gasteiger partial charge in [-0.3, -0.25) is 4.79 Å². The molecular weight excluding hydrogens is 280 g/mol. The number of hydrogen-bond donors (Lipinski definition) is 0. The van der Waals surface area contributed by atoms with E-state index in [1.165, 1.54) is 0 Å². The largest absolute Gasteiger partial charge is 0.423 e. The Labute approximate surface area is 113 Å². The molecule has 0 atom stereocenters. The first kappa shape index (κ1) is 16.4. The van der Waals surface area contributed by atoms with Gasteiger partial charge in [-0.15, -0.1) is 0 Å². The van der Waals surface area contributed by atoms with E-state index in [0.717, 1.165) is 13.3 Å². The van der Waals surface area contributed by atoms with Crippen molar-refractivity contribution < 1.29 is 31.8 Å². The van der Waals surface area contributed by atoms with Crippen LogP contribution < -0.4 is 4.74 Å². The maximum atomic E-state index is 13.4. The van der Waals surface area contributed by atoms with Gasteiger partial charge in [0, 0.05) is 12.2 Å². The predicted molar refractivity (Wildman–Crippen MR) is 62.4 cm³/mol. The topological polar surface area (TPSA) is 35.5 Å². The Morgan fingerprint density at radius 3 is 2.20 bits per heavy atom. The van der Waals surface area contributed by atoms with E-state index in [-0.39, 0.29) is 13.0 Å². The summed E-state index contributed by atoms with van der Waals surface area (Å²) in [5.41, 5.74) is -0.607. The summed E-state index contributed by atoms with van der Waals surface area (Å²) in [6.07, 6.45) is 0.552. The van der Waals surface area contributed by atoms with Crippen LogP contribution in [0.5, 0.6) is 5.75 Å². The highest BCUT2D eigenvalue weighted by molar-refractivity contribution is 5.73. The molecule has 0 N–H and O–H groups in total. The van der Waals surface area contributed by atoms with Gasteiger partial charge >= 0.3 is 5.97 Å². The summed E-state index contributed by atoms with van der Waals surface area (Å²) >= 11 is 0. The van der Waals surface area contributed by atoms with Crippen LogP contribution >= 0.6 is 0 Å². The van der Waals surface area contributed by atoms with Crippen LogP contribution in [0.15, 0.2) is 0 Å². The third-order valence-electron chi connectivity index (χ3n) is 2.46. The highest BCUT2D eigenvalue weighted by atomic mass is 19.2. The second-order valence-electron chi connectivity index (χ2n) is 4.05. The number of rotatable bonds is 6. The molecule has 0 aliphatic carbocycles. The fourth-order valence-corrected chi connectivity index (χ4v) is 1.41. The second-order valence-corrected chi connectivity index (χ2v) is 4.05. The highest BCUT2D eigenvalue weighted by Crippen LogP contribution is 2.30. The van der Waals surface area contributed by atoms with Crippen LogP contribution in [-0.2, 0) is 9.53 Å². The molecule has 0 saturated heterocycles. The summed E-state index contributed by atoms with van der Waals surface area (Å²) in [6, 6.07) is 0. The van der Waals surface area contributed by atoms with Crippen LogP contribution in [0.3, 0.4) is 0 Å². The Kier molecular flexibility index (Phi) is 5.94. The van der Waals surface area contributed by atoms with Crippen molar-refractivity contribution in [3.63, 3.8) is 0 Å². The Morgan fingerprint density at radius 1 is 1.00 bits per heavy atom. The number of ether oxygens (including phenoxy) is 2. The van der Waals surface area contributed by atoms with E-state index < -0.39 is 40.6 Å². The molecule has 1 aromatic carbocycles.